The van der Waals surface area contributed by atoms with Gasteiger partial charge < -0.3 is 15.3 Å². The highest BCUT2D eigenvalue weighted by molar-refractivity contribution is 5.81. The summed E-state index contributed by atoms with van der Waals surface area (Å²) in [4.78, 5) is 16.9. The lowest BCUT2D eigenvalue weighted by molar-refractivity contribution is -0.125. The van der Waals surface area contributed by atoms with Crippen molar-refractivity contribution in [3.63, 3.8) is 0 Å². The summed E-state index contributed by atoms with van der Waals surface area (Å²) in [6.45, 7) is 4.90. The van der Waals surface area contributed by atoms with Crippen LogP contribution in [0.25, 0.3) is 0 Å². The van der Waals surface area contributed by atoms with Crippen molar-refractivity contribution in [2.45, 2.75) is 44.2 Å². The first-order chi connectivity index (χ1) is 12.6. The minimum atomic E-state index is -0.378. The van der Waals surface area contributed by atoms with Gasteiger partial charge in [0.15, 0.2) is 0 Å². The number of hydrogen-bond donors (Lipinski definition) is 2. The molecule has 0 spiro atoms. The topological polar surface area (TPSA) is 55.8 Å². The number of nitrogens with one attached hydrogen (secondary N) is 1. The Balaban J connectivity index is 1.32. The molecule has 0 aromatic heterocycles. The molecular weight excluding hydrogens is 326 g/mol. The average molecular weight is 360 g/mol. The number of nitrogens with zero attached hydrogens (tertiary/aromatic N) is 2. The molecule has 26 heavy (non-hydrogen) atoms. The highest BCUT2D eigenvalue weighted by atomic mass is 16.3. The Labute approximate surface area is 157 Å². The van der Waals surface area contributed by atoms with Crippen LogP contribution in [-0.2, 0) is 4.79 Å². The van der Waals surface area contributed by atoms with Gasteiger partial charge in [-0.15, -0.1) is 0 Å². The number of aliphatic hydroxyl groups is 1. The fourth-order valence-electron chi connectivity index (χ4n) is 4.17. The molecule has 1 amide bonds. The predicted octanol–water partition coefficient (Wildman–Crippen LogP) is 2.03. The van der Waals surface area contributed by atoms with E-state index in [0.29, 0.717) is 5.92 Å². The highest BCUT2D eigenvalue weighted by Crippen LogP contribution is 2.21. The molecule has 2 heterocycles. The second-order valence-electron chi connectivity index (χ2n) is 7.88. The summed E-state index contributed by atoms with van der Waals surface area (Å²) < 4.78 is 0. The van der Waals surface area contributed by atoms with Crippen LogP contribution < -0.4 is 5.32 Å². The summed E-state index contributed by atoms with van der Waals surface area (Å²) >= 11 is 0. The molecule has 3 rings (SSSR count). The average Bonchev–Trinajstić information content (AvgIpc) is 3.11. The molecule has 144 valence electrons. The van der Waals surface area contributed by atoms with Crippen molar-refractivity contribution in [3.05, 3.63) is 35.9 Å². The van der Waals surface area contributed by atoms with E-state index in [2.05, 4.69) is 15.1 Å². The molecule has 1 aromatic rings. The summed E-state index contributed by atoms with van der Waals surface area (Å²) in [6.07, 6.45) is 4.77. The summed E-state index contributed by atoms with van der Waals surface area (Å²) in [5.74, 6) is 0.791. The van der Waals surface area contributed by atoms with Gasteiger partial charge in [-0.1, -0.05) is 30.3 Å². The van der Waals surface area contributed by atoms with E-state index in [9.17, 15) is 9.90 Å². The number of carbonyl (C=O) groups excluding carboxylic acids is 1. The molecule has 2 aliphatic rings. The molecule has 1 aromatic carbocycles. The number of benzene rings is 1. The Hall–Kier alpha value is -1.43. The summed E-state index contributed by atoms with van der Waals surface area (Å²) in [5.41, 5.74) is 1.00. The molecule has 5 heteroatoms. The zero-order valence-electron chi connectivity index (χ0n) is 15.9. The standard InChI is InChI=1S/C21H33N3O2/c1-23-12-5-8-19(23)21(26)22-16-17-9-13-24(14-10-17)15-11-20(25)18-6-3-2-4-7-18/h2-4,6-7,17,19-20,25H,5,8-16H2,1H3,(H,22,26)/t19-,20-/m0/s1. The molecule has 2 atom stereocenters. The first-order valence-corrected chi connectivity index (χ1v) is 10.1. The van der Waals surface area contributed by atoms with E-state index in [4.69, 9.17) is 0 Å². The van der Waals surface area contributed by atoms with Crippen LogP contribution in [0, 0.1) is 5.92 Å². The number of likely N-dealkylation sites (N-methyl/N-ethyl adjacent to an activating group) is 1. The van der Waals surface area contributed by atoms with E-state index in [0.717, 1.165) is 70.4 Å². The summed E-state index contributed by atoms with van der Waals surface area (Å²) in [6, 6.07) is 9.98. The Bertz CT molecular complexity index is 558. The molecule has 0 bridgehead atoms. The van der Waals surface area contributed by atoms with Crippen molar-refractivity contribution in [1.82, 2.24) is 15.1 Å². The number of amides is 1. The third-order valence-corrected chi connectivity index (χ3v) is 6.00. The van der Waals surface area contributed by atoms with Crippen LogP contribution >= 0.6 is 0 Å². The Morgan fingerprint density at radius 2 is 1.92 bits per heavy atom. The van der Waals surface area contributed by atoms with Gasteiger partial charge >= 0.3 is 0 Å². The van der Waals surface area contributed by atoms with Crippen molar-refractivity contribution >= 4 is 5.91 Å². The minimum absolute atomic E-state index is 0.0783. The third kappa shape index (κ3) is 5.29. The normalized spacial score (nSPS) is 23.8. The van der Waals surface area contributed by atoms with E-state index in [1.54, 1.807) is 0 Å². The molecule has 0 unspecified atom stereocenters. The second kappa shape index (κ2) is 9.49. The van der Waals surface area contributed by atoms with Gasteiger partial charge in [0.2, 0.25) is 5.91 Å². The van der Waals surface area contributed by atoms with Gasteiger partial charge in [0, 0.05) is 13.1 Å². The van der Waals surface area contributed by atoms with Crippen LogP contribution in [0.4, 0.5) is 0 Å². The van der Waals surface area contributed by atoms with Crippen LogP contribution in [0.3, 0.4) is 0 Å². The number of rotatable bonds is 7. The van der Waals surface area contributed by atoms with E-state index >= 15 is 0 Å². The monoisotopic (exact) mass is 359 g/mol. The summed E-state index contributed by atoms with van der Waals surface area (Å²) in [7, 11) is 2.04. The van der Waals surface area contributed by atoms with Crippen molar-refractivity contribution < 1.29 is 9.90 Å². The van der Waals surface area contributed by atoms with Gasteiger partial charge in [-0.05, 0) is 70.3 Å². The fourth-order valence-corrected chi connectivity index (χ4v) is 4.17. The lowest BCUT2D eigenvalue weighted by Gasteiger charge is -2.32. The molecule has 0 saturated carbocycles. The van der Waals surface area contributed by atoms with E-state index in [1.807, 2.05) is 37.4 Å². The predicted molar refractivity (Wildman–Crippen MR) is 104 cm³/mol. The maximum Gasteiger partial charge on any atom is 0.237 e. The quantitative estimate of drug-likeness (QED) is 0.782. The minimum Gasteiger partial charge on any atom is -0.388 e. The molecule has 2 N–H and O–H groups in total. The molecule has 2 aliphatic heterocycles. The first kappa shape index (κ1) is 19.3. The Morgan fingerprint density at radius 3 is 2.58 bits per heavy atom. The summed E-state index contributed by atoms with van der Waals surface area (Å²) in [5, 5.41) is 13.5. The maximum absolute atomic E-state index is 12.3. The highest BCUT2D eigenvalue weighted by Gasteiger charge is 2.28. The number of likely N-dealkylation sites (tertiary alicyclic amines) is 2. The van der Waals surface area contributed by atoms with E-state index < -0.39 is 0 Å². The van der Waals surface area contributed by atoms with Gasteiger partial charge in [-0.3, -0.25) is 9.69 Å². The molecule has 0 radical (unpaired) electrons. The van der Waals surface area contributed by atoms with E-state index in [-0.39, 0.29) is 18.1 Å². The Kier molecular flexibility index (Phi) is 7.06. The van der Waals surface area contributed by atoms with Crippen LogP contribution in [0.5, 0.6) is 0 Å². The molecule has 2 saturated heterocycles. The SMILES string of the molecule is CN1CCC[C@H]1C(=O)NCC1CCN(CC[C@H](O)c2ccccc2)CC1. The van der Waals surface area contributed by atoms with Crippen molar-refractivity contribution in [1.29, 1.82) is 0 Å². The largest absolute Gasteiger partial charge is 0.388 e. The van der Waals surface area contributed by atoms with Crippen LogP contribution in [-0.4, -0.2) is 66.6 Å². The van der Waals surface area contributed by atoms with Crippen LogP contribution in [0.1, 0.15) is 43.8 Å². The van der Waals surface area contributed by atoms with Crippen LogP contribution in [0.15, 0.2) is 30.3 Å². The van der Waals surface area contributed by atoms with Gasteiger partial charge in [-0.25, -0.2) is 0 Å². The molecule has 0 aliphatic carbocycles. The third-order valence-electron chi connectivity index (χ3n) is 6.00. The lowest BCUT2D eigenvalue weighted by Crippen LogP contribution is -2.44. The molecule has 2 fully saturated rings. The number of piperidine rings is 1. The number of aliphatic hydroxyl groups excluding tert-OH is 1. The van der Waals surface area contributed by atoms with Crippen molar-refractivity contribution in [3.8, 4) is 0 Å². The van der Waals surface area contributed by atoms with Gasteiger partial charge in [0.25, 0.3) is 0 Å². The van der Waals surface area contributed by atoms with Gasteiger partial charge in [0.05, 0.1) is 12.1 Å². The first-order valence-electron chi connectivity index (χ1n) is 10.1. The van der Waals surface area contributed by atoms with Gasteiger partial charge in [0.1, 0.15) is 0 Å². The zero-order valence-corrected chi connectivity index (χ0v) is 15.9. The van der Waals surface area contributed by atoms with Crippen LogP contribution in [0.2, 0.25) is 0 Å². The van der Waals surface area contributed by atoms with Crippen molar-refractivity contribution in [2.24, 2.45) is 5.92 Å². The maximum atomic E-state index is 12.3. The number of carbonyl (C=O) groups is 1. The number of hydrogen-bond acceptors (Lipinski definition) is 4. The van der Waals surface area contributed by atoms with Crippen molar-refractivity contribution in [2.75, 3.05) is 39.8 Å². The van der Waals surface area contributed by atoms with Gasteiger partial charge in [-0.2, -0.15) is 0 Å². The molecular formula is C21H33N3O2. The van der Waals surface area contributed by atoms with E-state index in [1.165, 1.54) is 0 Å². The lowest BCUT2D eigenvalue weighted by atomic mass is 9.96. The Morgan fingerprint density at radius 1 is 1.19 bits per heavy atom. The second-order valence-corrected chi connectivity index (χ2v) is 7.88. The smallest absolute Gasteiger partial charge is 0.237 e. The zero-order chi connectivity index (χ0) is 18.4. The fraction of sp³-hybridized carbons (Fsp3) is 0.667. The molecule has 5 nitrogen and oxygen atoms in total.